The lowest BCUT2D eigenvalue weighted by atomic mass is 10.2. The summed E-state index contributed by atoms with van der Waals surface area (Å²) >= 11 is 0. The molecule has 0 spiro atoms. The van der Waals surface area contributed by atoms with Crippen LogP contribution >= 0.6 is 0 Å². The van der Waals surface area contributed by atoms with Gasteiger partial charge in [0.05, 0.1) is 17.2 Å². The van der Waals surface area contributed by atoms with Crippen LogP contribution in [0.5, 0.6) is 0 Å². The number of hydrazone groups is 1. The number of fused-ring (bicyclic) bond motifs is 1. The van der Waals surface area contributed by atoms with E-state index in [0.29, 0.717) is 0 Å². The standard InChI is InChI=1S/C22H23N5/c1-15-9-5-7-11-20(15)27-16(2)13-18(17(27)3)14-23-25-22-24-19-10-6-8-12-21(19)26(22)4/h5-14H,1-4H3,(H,24,25)/b23-14-. The van der Waals surface area contributed by atoms with Crippen molar-refractivity contribution in [2.75, 3.05) is 5.43 Å². The predicted molar refractivity (Wildman–Crippen MR) is 112 cm³/mol. The molecule has 0 unspecified atom stereocenters. The third-order valence-electron chi connectivity index (χ3n) is 4.98. The molecule has 0 radical (unpaired) electrons. The van der Waals surface area contributed by atoms with Crippen molar-refractivity contribution in [2.24, 2.45) is 12.1 Å². The molecule has 136 valence electrons. The zero-order valence-corrected chi connectivity index (χ0v) is 16.1. The first-order valence-electron chi connectivity index (χ1n) is 9.01. The highest BCUT2D eigenvalue weighted by molar-refractivity contribution is 5.83. The molecule has 0 atom stereocenters. The van der Waals surface area contributed by atoms with Crippen LogP contribution < -0.4 is 5.43 Å². The first-order valence-corrected chi connectivity index (χ1v) is 9.01. The maximum absolute atomic E-state index is 4.58. The Morgan fingerprint density at radius 3 is 2.52 bits per heavy atom. The second kappa shape index (κ2) is 6.76. The number of rotatable bonds is 4. The van der Waals surface area contributed by atoms with E-state index in [9.17, 15) is 0 Å². The summed E-state index contributed by atoms with van der Waals surface area (Å²) in [5.74, 6) is 0.722. The van der Waals surface area contributed by atoms with E-state index >= 15 is 0 Å². The van der Waals surface area contributed by atoms with Crippen LogP contribution in [0.3, 0.4) is 0 Å². The van der Waals surface area contributed by atoms with Gasteiger partial charge in [0.15, 0.2) is 0 Å². The van der Waals surface area contributed by atoms with Gasteiger partial charge in [0.2, 0.25) is 5.95 Å². The van der Waals surface area contributed by atoms with Crippen molar-refractivity contribution < 1.29 is 0 Å². The topological polar surface area (TPSA) is 47.1 Å². The van der Waals surface area contributed by atoms with E-state index < -0.39 is 0 Å². The second-order valence-corrected chi connectivity index (χ2v) is 6.80. The largest absolute Gasteiger partial charge is 0.318 e. The first kappa shape index (κ1) is 17.1. The highest BCUT2D eigenvalue weighted by Crippen LogP contribution is 2.22. The average molecular weight is 357 g/mol. The van der Waals surface area contributed by atoms with Gasteiger partial charge in [-0.3, -0.25) is 0 Å². The van der Waals surface area contributed by atoms with Crippen LogP contribution in [-0.2, 0) is 7.05 Å². The van der Waals surface area contributed by atoms with Crippen molar-refractivity contribution in [3.05, 3.63) is 77.1 Å². The van der Waals surface area contributed by atoms with Gasteiger partial charge in [0.25, 0.3) is 0 Å². The third kappa shape index (κ3) is 3.01. The molecule has 0 aliphatic carbocycles. The van der Waals surface area contributed by atoms with Gasteiger partial charge in [-0.15, -0.1) is 0 Å². The summed E-state index contributed by atoms with van der Waals surface area (Å²) in [7, 11) is 1.98. The molecule has 2 aromatic heterocycles. The van der Waals surface area contributed by atoms with Gasteiger partial charge in [-0.2, -0.15) is 5.10 Å². The van der Waals surface area contributed by atoms with Crippen molar-refractivity contribution in [3.8, 4) is 5.69 Å². The number of aryl methyl sites for hydroxylation is 3. The van der Waals surface area contributed by atoms with E-state index in [2.05, 4.69) is 71.2 Å². The highest BCUT2D eigenvalue weighted by Gasteiger charge is 2.11. The molecule has 27 heavy (non-hydrogen) atoms. The van der Waals surface area contributed by atoms with Gasteiger partial charge >= 0.3 is 0 Å². The maximum atomic E-state index is 4.58. The van der Waals surface area contributed by atoms with Crippen LogP contribution in [0.4, 0.5) is 5.95 Å². The Kier molecular flexibility index (Phi) is 4.28. The van der Waals surface area contributed by atoms with Gasteiger partial charge in [0, 0.05) is 29.7 Å². The quantitative estimate of drug-likeness (QED) is 0.424. The van der Waals surface area contributed by atoms with Crippen molar-refractivity contribution in [3.63, 3.8) is 0 Å². The molecule has 0 fully saturated rings. The Hall–Kier alpha value is -3.34. The zero-order valence-electron chi connectivity index (χ0n) is 16.1. The molecule has 0 amide bonds. The summed E-state index contributed by atoms with van der Waals surface area (Å²) < 4.78 is 4.27. The second-order valence-electron chi connectivity index (χ2n) is 6.80. The monoisotopic (exact) mass is 357 g/mol. The van der Waals surface area contributed by atoms with Gasteiger partial charge in [-0.1, -0.05) is 30.3 Å². The Morgan fingerprint density at radius 2 is 1.74 bits per heavy atom. The molecular weight excluding hydrogens is 334 g/mol. The average Bonchev–Trinajstić information content (AvgIpc) is 3.13. The molecule has 2 heterocycles. The molecule has 5 heteroatoms. The number of imidazole rings is 1. The lowest BCUT2D eigenvalue weighted by Crippen LogP contribution is -2.02. The van der Waals surface area contributed by atoms with E-state index in [1.54, 1.807) is 0 Å². The fraction of sp³-hybridized carbons (Fsp3) is 0.182. The summed E-state index contributed by atoms with van der Waals surface area (Å²) in [5.41, 5.74) is 11.0. The van der Waals surface area contributed by atoms with Crippen LogP contribution in [0, 0.1) is 20.8 Å². The lowest BCUT2D eigenvalue weighted by Gasteiger charge is -2.12. The lowest BCUT2D eigenvalue weighted by molar-refractivity contribution is 0.942. The minimum Gasteiger partial charge on any atom is -0.318 e. The number of nitrogens with one attached hydrogen (secondary N) is 1. The predicted octanol–water partition coefficient (Wildman–Crippen LogP) is 4.74. The molecule has 0 aliphatic heterocycles. The van der Waals surface area contributed by atoms with Crippen LogP contribution in [0.1, 0.15) is 22.5 Å². The van der Waals surface area contributed by atoms with E-state index in [-0.39, 0.29) is 0 Å². The molecule has 0 saturated heterocycles. The molecule has 4 aromatic rings. The van der Waals surface area contributed by atoms with E-state index in [1.807, 2.05) is 42.1 Å². The van der Waals surface area contributed by atoms with Crippen LogP contribution in [0.15, 0.2) is 59.7 Å². The van der Waals surface area contributed by atoms with Gasteiger partial charge < -0.3 is 9.13 Å². The van der Waals surface area contributed by atoms with Crippen molar-refractivity contribution in [2.45, 2.75) is 20.8 Å². The number of anilines is 1. The number of aromatic nitrogens is 3. The highest BCUT2D eigenvalue weighted by atomic mass is 15.4. The fourth-order valence-electron chi connectivity index (χ4n) is 3.51. The summed E-state index contributed by atoms with van der Waals surface area (Å²) in [5, 5.41) is 4.43. The normalized spacial score (nSPS) is 11.6. The molecule has 0 saturated carbocycles. The third-order valence-corrected chi connectivity index (χ3v) is 4.98. The number of nitrogens with zero attached hydrogens (tertiary/aromatic N) is 4. The first-order chi connectivity index (χ1) is 13.1. The maximum Gasteiger partial charge on any atom is 0.224 e. The molecule has 0 aliphatic rings. The number of benzene rings is 2. The summed E-state index contributed by atoms with van der Waals surface area (Å²) in [6, 6.07) is 18.6. The van der Waals surface area contributed by atoms with Crippen molar-refractivity contribution in [1.82, 2.24) is 14.1 Å². The molecule has 4 rings (SSSR count). The Balaban J connectivity index is 1.62. The summed E-state index contributed by atoms with van der Waals surface area (Å²) in [6.45, 7) is 6.38. The zero-order chi connectivity index (χ0) is 19.0. The minimum absolute atomic E-state index is 0.722. The van der Waals surface area contributed by atoms with Crippen LogP contribution in [0.25, 0.3) is 16.7 Å². The Morgan fingerprint density at radius 1 is 1.00 bits per heavy atom. The van der Waals surface area contributed by atoms with Gasteiger partial charge in [-0.25, -0.2) is 10.4 Å². The van der Waals surface area contributed by atoms with E-state index in [1.165, 1.54) is 16.9 Å². The number of hydrogen-bond donors (Lipinski definition) is 1. The van der Waals surface area contributed by atoms with E-state index in [4.69, 9.17) is 0 Å². The van der Waals surface area contributed by atoms with Crippen LogP contribution in [0.2, 0.25) is 0 Å². The molecule has 5 nitrogen and oxygen atoms in total. The smallest absolute Gasteiger partial charge is 0.224 e. The number of hydrogen-bond acceptors (Lipinski definition) is 3. The minimum atomic E-state index is 0.722. The fourth-order valence-corrected chi connectivity index (χ4v) is 3.51. The van der Waals surface area contributed by atoms with Gasteiger partial charge in [-0.05, 0) is 50.6 Å². The Labute approximate surface area is 159 Å². The van der Waals surface area contributed by atoms with E-state index in [0.717, 1.165) is 28.2 Å². The molecular formula is C22H23N5. The van der Waals surface area contributed by atoms with Crippen molar-refractivity contribution in [1.29, 1.82) is 0 Å². The molecule has 2 aromatic carbocycles. The Bertz CT molecular complexity index is 1150. The van der Waals surface area contributed by atoms with Gasteiger partial charge in [0.1, 0.15) is 0 Å². The summed E-state index contributed by atoms with van der Waals surface area (Å²) in [6.07, 6.45) is 1.86. The molecule has 0 bridgehead atoms. The van der Waals surface area contributed by atoms with Crippen LogP contribution in [-0.4, -0.2) is 20.3 Å². The summed E-state index contributed by atoms with van der Waals surface area (Å²) in [4.78, 5) is 4.58. The number of para-hydroxylation sites is 3. The SMILES string of the molecule is Cc1ccccc1-n1c(C)cc(/C=N\Nc2nc3ccccc3n2C)c1C. The van der Waals surface area contributed by atoms with Crippen molar-refractivity contribution >= 4 is 23.2 Å². The molecule has 1 N–H and O–H groups in total.